The lowest BCUT2D eigenvalue weighted by Gasteiger charge is -2.18. The molecule has 1 atom stereocenters. The second-order valence-corrected chi connectivity index (χ2v) is 4.66. The number of rotatable bonds is 5. The zero-order valence-corrected chi connectivity index (χ0v) is 11.8. The highest BCUT2D eigenvalue weighted by atomic mass is 35.5. The molecule has 0 saturated carbocycles. The van der Waals surface area contributed by atoms with E-state index in [0.29, 0.717) is 18.4 Å². The van der Waals surface area contributed by atoms with E-state index in [0.717, 1.165) is 12.1 Å². The van der Waals surface area contributed by atoms with Gasteiger partial charge in [-0.25, -0.2) is 8.78 Å². The fourth-order valence-electron chi connectivity index (χ4n) is 1.72. The number of hydrogen-bond donors (Lipinski definition) is 2. The third-order valence-electron chi connectivity index (χ3n) is 2.55. The predicted octanol–water partition coefficient (Wildman–Crippen LogP) is 2.49. The third-order valence-corrected chi connectivity index (χ3v) is 2.55. The molecule has 0 aliphatic rings. The monoisotopic (exact) mass is 292 g/mol. The number of benzene rings is 1. The van der Waals surface area contributed by atoms with E-state index in [1.807, 2.05) is 13.8 Å². The topological polar surface area (TPSA) is 55.1 Å². The summed E-state index contributed by atoms with van der Waals surface area (Å²) in [5.41, 5.74) is 5.37. The van der Waals surface area contributed by atoms with Crippen LogP contribution in [0.5, 0.6) is 0 Å². The summed E-state index contributed by atoms with van der Waals surface area (Å²) in [5.74, 6) is -1.77. The fraction of sp³-hybridized carbons (Fsp3) is 0.462. The molecule has 0 aliphatic carbocycles. The highest BCUT2D eigenvalue weighted by molar-refractivity contribution is 5.94. The van der Waals surface area contributed by atoms with Crippen molar-refractivity contribution in [3.63, 3.8) is 0 Å². The molecule has 1 amide bonds. The zero-order chi connectivity index (χ0) is 13.7. The van der Waals surface area contributed by atoms with E-state index in [2.05, 4.69) is 5.32 Å². The molecule has 1 rings (SSSR count). The summed E-state index contributed by atoms with van der Waals surface area (Å²) >= 11 is 0. The maximum absolute atomic E-state index is 13.4. The normalized spacial score (nSPS) is 11.9. The van der Waals surface area contributed by atoms with Gasteiger partial charge in [-0.1, -0.05) is 13.8 Å². The molecule has 0 fully saturated rings. The van der Waals surface area contributed by atoms with Crippen LogP contribution in [-0.2, 0) is 0 Å². The molecule has 0 saturated heterocycles. The van der Waals surface area contributed by atoms with E-state index in [1.54, 1.807) is 0 Å². The van der Waals surface area contributed by atoms with Crippen LogP contribution in [0.4, 0.5) is 8.78 Å². The van der Waals surface area contributed by atoms with Crippen LogP contribution in [0.15, 0.2) is 18.2 Å². The van der Waals surface area contributed by atoms with Gasteiger partial charge in [0.1, 0.15) is 11.6 Å². The van der Waals surface area contributed by atoms with Crippen molar-refractivity contribution < 1.29 is 13.6 Å². The number of hydrogen-bond acceptors (Lipinski definition) is 2. The summed E-state index contributed by atoms with van der Waals surface area (Å²) in [6.45, 7) is 4.30. The molecule has 0 aromatic heterocycles. The van der Waals surface area contributed by atoms with Crippen molar-refractivity contribution in [2.45, 2.75) is 26.3 Å². The van der Waals surface area contributed by atoms with Crippen LogP contribution in [0, 0.1) is 17.6 Å². The Morgan fingerprint density at radius 1 is 1.37 bits per heavy atom. The Kier molecular flexibility index (Phi) is 7.56. The van der Waals surface area contributed by atoms with E-state index >= 15 is 0 Å². The molecule has 0 aliphatic heterocycles. The molecule has 1 aromatic carbocycles. The molecule has 0 heterocycles. The summed E-state index contributed by atoms with van der Waals surface area (Å²) < 4.78 is 26.1. The highest BCUT2D eigenvalue weighted by Crippen LogP contribution is 2.11. The van der Waals surface area contributed by atoms with E-state index in [9.17, 15) is 13.6 Å². The van der Waals surface area contributed by atoms with Crippen molar-refractivity contribution in [1.82, 2.24) is 5.32 Å². The van der Waals surface area contributed by atoms with Crippen molar-refractivity contribution >= 4 is 18.3 Å². The van der Waals surface area contributed by atoms with E-state index in [1.165, 1.54) is 0 Å². The van der Waals surface area contributed by atoms with Crippen molar-refractivity contribution in [3.05, 3.63) is 35.4 Å². The molecule has 3 N–H and O–H groups in total. The van der Waals surface area contributed by atoms with Crippen molar-refractivity contribution in [1.29, 1.82) is 0 Å². The van der Waals surface area contributed by atoms with Gasteiger partial charge >= 0.3 is 0 Å². The Labute approximate surface area is 118 Å². The number of carbonyl (C=O) groups is 1. The summed E-state index contributed by atoms with van der Waals surface area (Å²) in [6, 6.07) is 2.66. The minimum atomic E-state index is -0.868. The first-order valence-electron chi connectivity index (χ1n) is 5.90. The van der Waals surface area contributed by atoms with Gasteiger partial charge in [-0.3, -0.25) is 4.79 Å². The van der Waals surface area contributed by atoms with Gasteiger partial charge in [0.05, 0.1) is 5.56 Å². The zero-order valence-electron chi connectivity index (χ0n) is 11.0. The summed E-state index contributed by atoms with van der Waals surface area (Å²) in [6.07, 6.45) is 0.713. The third kappa shape index (κ3) is 5.53. The van der Waals surface area contributed by atoms with Crippen molar-refractivity contribution in [2.24, 2.45) is 11.7 Å². The van der Waals surface area contributed by atoms with Gasteiger partial charge in [0, 0.05) is 18.7 Å². The van der Waals surface area contributed by atoms with E-state index in [4.69, 9.17) is 5.73 Å². The minimum Gasteiger partial charge on any atom is -0.348 e. The molecule has 108 valence electrons. The molecular formula is C13H19ClF2N2O. The average Bonchev–Trinajstić information content (AvgIpc) is 2.27. The Morgan fingerprint density at radius 3 is 2.47 bits per heavy atom. The molecular weight excluding hydrogens is 274 g/mol. The number of nitrogens with two attached hydrogens (primary N) is 1. The first-order chi connectivity index (χ1) is 8.43. The predicted molar refractivity (Wildman–Crippen MR) is 73.4 cm³/mol. The maximum Gasteiger partial charge on any atom is 0.254 e. The van der Waals surface area contributed by atoms with Crippen molar-refractivity contribution in [2.75, 3.05) is 6.54 Å². The Bertz CT molecular complexity index is 427. The molecule has 19 heavy (non-hydrogen) atoms. The van der Waals surface area contributed by atoms with Crippen LogP contribution < -0.4 is 11.1 Å². The lowest BCUT2D eigenvalue weighted by molar-refractivity contribution is 0.0929. The standard InChI is InChI=1S/C13H18F2N2O.ClH/c1-8(2)5-10(7-16)17-13(18)11-4-3-9(14)6-12(11)15;/h3-4,6,8,10H,5,7,16H2,1-2H3,(H,17,18);1H. The van der Waals surface area contributed by atoms with Crippen LogP contribution in [0.3, 0.4) is 0 Å². The van der Waals surface area contributed by atoms with Crippen molar-refractivity contribution in [3.8, 4) is 0 Å². The van der Waals surface area contributed by atoms with Crippen LogP contribution in [-0.4, -0.2) is 18.5 Å². The summed E-state index contributed by atoms with van der Waals surface area (Å²) in [7, 11) is 0. The first-order valence-corrected chi connectivity index (χ1v) is 5.90. The molecule has 0 spiro atoms. The SMILES string of the molecule is CC(C)CC(CN)NC(=O)c1ccc(F)cc1F.Cl. The molecule has 3 nitrogen and oxygen atoms in total. The Morgan fingerprint density at radius 2 is 2.00 bits per heavy atom. The maximum atomic E-state index is 13.4. The first kappa shape index (κ1) is 17.8. The van der Waals surface area contributed by atoms with Gasteiger partial charge in [0.15, 0.2) is 0 Å². The number of nitrogens with one attached hydrogen (secondary N) is 1. The van der Waals surface area contributed by atoms with Gasteiger partial charge in [-0.2, -0.15) is 0 Å². The molecule has 1 aromatic rings. The van der Waals surface area contributed by atoms with Gasteiger partial charge in [-0.05, 0) is 24.5 Å². The van der Waals surface area contributed by atoms with Gasteiger partial charge in [0.2, 0.25) is 0 Å². The Hall–Kier alpha value is -1.20. The van der Waals surface area contributed by atoms with E-state index < -0.39 is 17.5 Å². The van der Waals surface area contributed by atoms with Gasteiger partial charge in [0.25, 0.3) is 5.91 Å². The molecule has 0 bridgehead atoms. The second kappa shape index (κ2) is 8.07. The fourth-order valence-corrected chi connectivity index (χ4v) is 1.72. The number of halogens is 3. The van der Waals surface area contributed by atoms with Gasteiger partial charge in [-0.15, -0.1) is 12.4 Å². The summed E-state index contributed by atoms with van der Waals surface area (Å²) in [4.78, 5) is 11.8. The Balaban J connectivity index is 0.00000324. The quantitative estimate of drug-likeness (QED) is 0.876. The number of amides is 1. The molecule has 0 radical (unpaired) electrons. The van der Waals surface area contributed by atoms with Crippen LogP contribution in [0.25, 0.3) is 0 Å². The molecule has 1 unspecified atom stereocenters. The minimum absolute atomic E-state index is 0. The highest BCUT2D eigenvalue weighted by Gasteiger charge is 2.17. The largest absolute Gasteiger partial charge is 0.348 e. The van der Waals surface area contributed by atoms with Crippen LogP contribution >= 0.6 is 12.4 Å². The molecule has 6 heteroatoms. The lowest BCUT2D eigenvalue weighted by atomic mass is 10.0. The van der Waals surface area contributed by atoms with Gasteiger partial charge < -0.3 is 11.1 Å². The second-order valence-electron chi connectivity index (χ2n) is 4.66. The van der Waals surface area contributed by atoms with E-state index in [-0.39, 0.29) is 30.6 Å². The smallest absolute Gasteiger partial charge is 0.254 e. The lowest BCUT2D eigenvalue weighted by Crippen LogP contribution is -2.41. The van der Waals surface area contributed by atoms with Crippen LogP contribution in [0.2, 0.25) is 0 Å². The average molecular weight is 293 g/mol. The summed E-state index contributed by atoms with van der Waals surface area (Å²) in [5, 5.41) is 2.65. The van der Waals surface area contributed by atoms with Crippen LogP contribution in [0.1, 0.15) is 30.6 Å². The number of carbonyl (C=O) groups excluding carboxylic acids is 1.